The molecule has 2 aromatic carbocycles. The minimum Gasteiger partial charge on any atom is -0.444 e. The van der Waals surface area contributed by atoms with E-state index < -0.39 is 0 Å². The van der Waals surface area contributed by atoms with E-state index in [1.165, 1.54) is 16.6 Å². The van der Waals surface area contributed by atoms with E-state index in [2.05, 4.69) is 83.2 Å². The maximum absolute atomic E-state index is 5.73. The molecule has 152 valence electrons. The van der Waals surface area contributed by atoms with E-state index in [0.29, 0.717) is 5.89 Å². The molecule has 0 saturated carbocycles. The van der Waals surface area contributed by atoms with Gasteiger partial charge < -0.3 is 9.32 Å². The van der Waals surface area contributed by atoms with Gasteiger partial charge in [-0.15, -0.1) is 0 Å². The standard InChI is InChI=1S/C25H26N4O/c1-18-7-9-20(10-8-18)25-27-21(17-30-25)16-28-11-13-29(14-12-28)24-15-19(2)26-23-6-4-3-5-22(23)24/h3-10,15,17H,11-14,16H2,1-2H3. The first-order valence-electron chi connectivity index (χ1n) is 10.5. The number of anilines is 1. The van der Waals surface area contributed by atoms with Crippen LogP contribution in [0, 0.1) is 13.8 Å². The number of rotatable bonds is 4. The zero-order chi connectivity index (χ0) is 20.5. The summed E-state index contributed by atoms with van der Waals surface area (Å²) in [4.78, 5) is 14.3. The van der Waals surface area contributed by atoms with Gasteiger partial charge in [0.05, 0.1) is 11.2 Å². The smallest absolute Gasteiger partial charge is 0.226 e. The number of oxazole rings is 1. The number of aryl methyl sites for hydroxylation is 2. The van der Waals surface area contributed by atoms with Crippen molar-refractivity contribution in [3.05, 3.63) is 77.8 Å². The number of pyridine rings is 1. The molecule has 0 atom stereocenters. The highest BCUT2D eigenvalue weighted by Crippen LogP contribution is 2.28. The molecule has 1 saturated heterocycles. The number of nitrogens with zero attached hydrogens (tertiary/aromatic N) is 4. The third-order valence-electron chi connectivity index (χ3n) is 5.77. The number of hydrogen-bond donors (Lipinski definition) is 0. The van der Waals surface area contributed by atoms with Gasteiger partial charge >= 0.3 is 0 Å². The van der Waals surface area contributed by atoms with Gasteiger partial charge in [0, 0.05) is 55.1 Å². The number of benzene rings is 2. The molecule has 1 fully saturated rings. The molecule has 0 radical (unpaired) electrons. The first kappa shape index (κ1) is 18.8. The van der Waals surface area contributed by atoms with Gasteiger partial charge in [0.15, 0.2) is 0 Å². The van der Waals surface area contributed by atoms with Crippen LogP contribution in [0.5, 0.6) is 0 Å². The Balaban J connectivity index is 1.26. The van der Waals surface area contributed by atoms with E-state index in [0.717, 1.165) is 55.2 Å². The molecule has 2 aromatic heterocycles. The lowest BCUT2D eigenvalue weighted by Crippen LogP contribution is -2.46. The molecule has 0 aliphatic carbocycles. The van der Waals surface area contributed by atoms with Gasteiger partial charge in [0.2, 0.25) is 5.89 Å². The molecule has 0 unspecified atom stereocenters. The number of fused-ring (bicyclic) bond motifs is 1. The SMILES string of the molecule is Cc1ccc(-c2nc(CN3CCN(c4cc(C)nc5ccccc45)CC3)co2)cc1. The maximum atomic E-state index is 5.73. The lowest BCUT2D eigenvalue weighted by Gasteiger charge is -2.36. The Hall–Kier alpha value is -3.18. The van der Waals surface area contributed by atoms with E-state index in [9.17, 15) is 0 Å². The van der Waals surface area contributed by atoms with Crippen molar-refractivity contribution < 1.29 is 4.42 Å². The summed E-state index contributed by atoms with van der Waals surface area (Å²) in [6.45, 7) is 8.97. The normalized spacial score (nSPS) is 15.1. The summed E-state index contributed by atoms with van der Waals surface area (Å²) >= 11 is 0. The van der Waals surface area contributed by atoms with Crippen LogP contribution in [-0.2, 0) is 6.54 Å². The van der Waals surface area contributed by atoms with Crippen LogP contribution >= 0.6 is 0 Å². The van der Waals surface area contributed by atoms with E-state index >= 15 is 0 Å². The predicted molar refractivity (Wildman–Crippen MR) is 121 cm³/mol. The summed E-state index contributed by atoms with van der Waals surface area (Å²) in [7, 11) is 0. The van der Waals surface area contributed by atoms with Crippen LogP contribution in [0.25, 0.3) is 22.4 Å². The second-order valence-electron chi connectivity index (χ2n) is 8.07. The molecule has 5 nitrogen and oxygen atoms in total. The predicted octanol–water partition coefficient (Wildman–Crippen LogP) is 4.83. The Morgan fingerprint density at radius 1 is 0.900 bits per heavy atom. The molecule has 0 amide bonds. The first-order valence-corrected chi connectivity index (χ1v) is 10.5. The molecule has 4 aromatic rings. The van der Waals surface area contributed by atoms with Gasteiger partial charge in [-0.25, -0.2) is 4.98 Å². The van der Waals surface area contributed by atoms with Crippen LogP contribution in [0.3, 0.4) is 0 Å². The van der Waals surface area contributed by atoms with Crippen LogP contribution in [0.4, 0.5) is 5.69 Å². The first-order chi connectivity index (χ1) is 14.7. The zero-order valence-electron chi connectivity index (χ0n) is 17.5. The fourth-order valence-corrected chi connectivity index (χ4v) is 4.13. The zero-order valence-corrected chi connectivity index (χ0v) is 17.5. The highest BCUT2D eigenvalue weighted by atomic mass is 16.3. The van der Waals surface area contributed by atoms with Gasteiger partial charge in [-0.1, -0.05) is 35.9 Å². The summed E-state index contributed by atoms with van der Waals surface area (Å²) < 4.78 is 5.73. The second kappa shape index (κ2) is 7.92. The Labute approximate surface area is 177 Å². The third kappa shape index (κ3) is 3.81. The van der Waals surface area contributed by atoms with E-state index in [4.69, 9.17) is 9.40 Å². The van der Waals surface area contributed by atoms with Crippen molar-refractivity contribution in [2.24, 2.45) is 0 Å². The van der Waals surface area contributed by atoms with Crippen LogP contribution in [0.2, 0.25) is 0 Å². The van der Waals surface area contributed by atoms with Crippen molar-refractivity contribution in [3.63, 3.8) is 0 Å². The molecule has 1 aliphatic rings. The topological polar surface area (TPSA) is 45.4 Å². The monoisotopic (exact) mass is 398 g/mol. The highest BCUT2D eigenvalue weighted by molar-refractivity contribution is 5.92. The van der Waals surface area contributed by atoms with Gasteiger partial charge in [-0.05, 0) is 38.1 Å². The summed E-state index contributed by atoms with van der Waals surface area (Å²) in [5, 5.41) is 1.23. The third-order valence-corrected chi connectivity index (χ3v) is 5.77. The molecule has 0 bridgehead atoms. The molecule has 0 N–H and O–H groups in total. The second-order valence-corrected chi connectivity index (χ2v) is 8.07. The summed E-state index contributed by atoms with van der Waals surface area (Å²) in [6.07, 6.45) is 1.79. The van der Waals surface area contributed by atoms with Crippen molar-refractivity contribution >= 4 is 16.6 Å². The Morgan fingerprint density at radius 3 is 2.47 bits per heavy atom. The number of hydrogen-bond acceptors (Lipinski definition) is 5. The van der Waals surface area contributed by atoms with E-state index in [1.54, 1.807) is 6.26 Å². The summed E-state index contributed by atoms with van der Waals surface area (Å²) in [6, 6.07) is 18.9. The highest BCUT2D eigenvalue weighted by Gasteiger charge is 2.20. The summed E-state index contributed by atoms with van der Waals surface area (Å²) in [5.74, 6) is 0.697. The van der Waals surface area contributed by atoms with Crippen molar-refractivity contribution in [2.75, 3.05) is 31.1 Å². The fraction of sp³-hybridized carbons (Fsp3) is 0.280. The largest absolute Gasteiger partial charge is 0.444 e. The van der Waals surface area contributed by atoms with Crippen molar-refractivity contribution in [1.82, 2.24) is 14.9 Å². The van der Waals surface area contributed by atoms with Crippen LogP contribution in [0.15, 0.2) is 65.3 Å². The maximum Gasteiger partial charge on any atom is 0.226 e. The molecule has 3 heterocycles. The van der Waals surface area contributed by atoms with Gasteiger partial charge in [0.25, 0.3) is 0 Å². The number of aromatic nitrogens is 2. The van der Waals surface area contributed by atoms with Crippen LogP contribution in [-0.4, -0.2) is 41.0 Å². The molecule has 30 heavy (non-hydrogen) atoms. The van der Waals surface area contributed by atoms with Crippen LogP contribution < -0.4 is 4.90 Å². The van der Waals surface area contributed by atoms with Gasteiger partial charge in [0.1, 0.15) is 6.26 Å². The number of piperazine rings is 1. The van der Waals surface area contributed by atoms with Crippen LogP contribution in [0.1, 0.15) is 17.0 Å². The van der Waals surface area contributed by atoms with E-state index in [1.807, 2.05) is 0 Å². The molecule has 0 spiro atoms. The molecule has 5 heteroatoms. The molecular weight excluding hydrogens is 372 g/mol. The van der Waals surface area contributed by atoms with Gasteiger partial charge in [-0.3, -0.25) is 9.88 Å². The van der Waals surface area contributed by atoms with Crippen molar-refractivity contribution in [3.8, 4) is 11.5 Å². The van der Waals surface area contributed by atoms with Crippen molar-refractivity contribution in [1.29, 1.82) is 0 Å². The minimum atomic E-state index is 0.697. The van der Waals surface area contributed by atoms with E-state index in [-0.39, 0.29) is 0 Å². The molecule has 5 rings (SSSR count). The average Bonchev–Trinajstić information content (AvgIpc) is 3.22. The lowest BCUT2D eigenvalue weighted by atomic mass is 10.1. The number of para-hydroxylation sites is 1. The van der Waals surface area contributed by atoms with Crippen molar-refractivity contribution in [2.45, 2.75) is 20.4 Å². The Kier molecular flexibility index (Phi) is 4.97. The average molecular weight is 399 g/mol. The summed E-state index contributed by atoms with van der Waals surface area (Å²) in [5.41, 5.74) is 6.68. The lowest BCUT2D eigenvalue weighted by molar-refractivity contribution is 0.247. The Morgan fingerprint density at radius 2 is 1.67 bits per heavy atom. The quantitative estimate of drug-likeness (QED) is 0.493. The van der Waals surface area contributed by atoms with Gasteiger partial charge in [-0.2, -0.15) is 0 Å². The fourth-order valence-electron chi connectivity index (χ4n) is 4.13. The Bertz CT molecular complexity index is 1160. The molecule has 1 aliphatic heterocycles. The molecular formula is C25H26N4O. The minimum absolute atomic E-state index is 0.697.